The van der Waals surface area contributed by atoms with Gasteiger partial charge in [0.1, 0.15) is 5.75 Å². The molecule has 0 N–H and O–H groups in total. The Labute approximate surface area is 160 Å². The molecule has 1 amide bonds. The predicted octanol–water partition coefficient (Wildman–Crippen LogP) is 3.77. The number of amides is 1. The first kappa shape index (κ1) is 18.0. The van der Waals surface area contributed by atoms with Crippen LogP contribution < -0.4 is 4.74 Å². The molecule has 0 bridgehead atoms. The van der Waals surface area contributed by atoms with Gasteiger partial charge in [0, 0.05) is 12.6 Å². The zero-order chi connectivity index (χ0) is 18.8. The van der Waals surface area contributed by atoms with Crippen LogP contribution in [-0.2, 0) is 0 Å². The van der Waals surface area contributed by atoms with E-state index in [2.05, 4.69) is 15.2 Å². The van der Waals surface area contributed by atoms with Crippen LogP contribution in [0, 0.1) is 12.8 Å². The Hall–Kier alpha value is -2.37. The molecule has 1 saturated carbocycles. The number of carbonyl (C=O) groups is 1. The third-order valence-corrected chi connectivity index (χ3v) is 6.17. The summed E-state index contributed by atoms with van der Waals surface area (Å²) in [6.45, 7) is 2.76. The Morgan fingerprint density at radius 3 is 2.52 bits per heavy atom. The van der Waals surface area contributed by atoms with Crippen molar-refractivity contribution in [2.24, 2.45) is 5.92 Å². The fourth-order valence-electron chi connectivity index (χ4n) is 4.69. The Morgan fingerprint density at radius 1 is 1.07 bits per heavy atom. The maximum Gasteiger partial charge on any atom is 0.276 e. The normalized spacial score (nSPS) is 20.8. The molecule has 0 spiro atoms. The highest BCUT2D eigenvalue weighted by Crippen LogP contribution is 2.35. The minimum absolute atomic E-state index is 0.0420. The van der Waals surface area contributed by atoms with Crippen LogP contribution in [0.3, 0.4) is 0 Å². The largest absolute Gasteiger partial charge is 0.497 e. The van der Waals surface area contributed by atoms with Crippen LogP contribution in [0.5, 0.6) is 5.75 Å². The lowest BCUT2D eigenvalue weighted by Gasteiger charge is -2.33. The summed E-state index contributed by atoms with van der Waals surface area (Å²) in [6, 6.07) is 8.00. The van der Waals surface area contributed by atoms with E-state index in [0.29, 0.717) is 17.7 Å². The molecule has 1 aliphatic carbocycles. The van der Waals surface area contributed by atoms with E-state index in [4.69, 9.17) is 4.74 Å². The van der Waals surface area contributed by atoms with Gasteiger partial charge >= 0.3 is 0 Å². The zero-order valence-electron chi connectivity index (χ0n) is 16.2. The fourth-order valence-corrected chi connectivity index (χ4v) is 4.69. The molecule has 1 saturated heterocycles. The molecular weight excluding hydrogens is 340 g/mol. The summed E-state index contributed by atoms with van der Waals surface area (Å²) < 4.78 is 6.94. The van der Waals surface area contributed by atoms with Crippen LogP contribution in [0.25, 0.3) is 5.69 Å². The molecule has 1 aromatic carbocycles. The molecule has 6 heteroatoms. The first-order valence-electron chi connectivity index (χ1n) is 10.1. The summed E-state index contributed by atoms with van der Waals surface area (Å²) in [5, 5.41) is 8.50. The molecule has 27 heavy (non-hydrogen) atoms. The molecule has 0 radical (unpaired) electrons. The summed E-state index contributed by atoms with van der Waals surface area (Å²) in [5.41, 5.74) is 2.15. The Balaban J connectivity index is 1.55. The van der Waals surface area contributed by atoms with Crippen molar-refractivity contribution in [3.8, 4) is 11.4 Å². The number of aromatic nitrogens is 3. The maximum atomic E-state index is 13.3. The van der Waals surface area contributed by atoms with Crippen LogP contribution in [-0.4, -0.2) is 45.5 Å². The van der Waals surface area contributed by atoms with E-state index in [9.17, 15) is 4.79 Å². The summed E-state index contributed by atoms with van der Waals surface area (Å²) in [4.78, 5) is 15.3. The van der Waals surface area contributed by atoms with E-state index >= 15 is 0 Å². The lowest BCUT2D eigenvalue weighted by atomic mass is 9.83. The van der Waals surface area contributed by atoms with E-state index in [0.717, 1.165) is 36.5 Å². The van der Waals surface area contributed by atoms with E-state index in [1.165, 1.54) is 32.1 Å². The SMILES string of the molecule is COc1ccc(-n2nnc(C(=O)N3CCCC3C3CCCCC3)c2C)cc1. The average molecular weight is 368 g/mol. The lowest BCUT2D eigenvalue weighted by molar-refractivity contribution is 0.0654. The quantitative estimate of drug-likeness (QED) is 0.824. The molecular formula is C21H28N4O2. The molecule has 4 rings (SSSR count). The van der Waals surface area contributed by atoms with Gasteiger partial charge < -0.3 is 9.64 Å². The fraction of sp³-hybridized carbons (Fsp3) is 0.571. The molecule has 2 aliphatic rings. The van der Waals surface area contributed by atoms with Crippen molar-refractivity contribution in [1.29, 1.82) is 0 Å². The van der Waals surface area contributed by atoms with Crippen molar-refractivity contribution in [2.45, 2.75) is 57.9 Å². The van der Waals surface area contributed by atoms with Gasteiger partial charge in [-0.1, -0.05) is 24.5 Å². The number of hydrogen-bond acceptors (Lipinski definition) is 4. The molecule has 144 valence electrons. The molecule has 1 aromatic heterocycles. The highest BCUT2D eigenvalue weighted by Gasteiger charge is 2.37. The van der Waals surface area contributed by atoms with E-state index in [1.807, 2.05) is 31.2 Å². The Bertz CT molecular complexity index is 793. The molecule has 1 unspecified atom stereocenters. The molecule has 2 aromatic rings. The second-order valence-electron chi connectivity index (χ2n) is 7.74. The number of methoxy groups -OCH3 is 1. The lowest BCUT2D eigenvalue weighted by Crippen LogP contribution is -2.41. The number of nitrogens with zero attached hydrogens (tertiary/aromatic N) is 4. The number of likely N-dealkylation sites (tertiary alicyclic amines) is 1. The van der Waals surface area contributed by atoms with E-state index < -0.39 is 0 Å². The van der Waals surface area contributed by atoms with Crippen molar-refractivity contribution >= 4 is 5.91 Å². The molecule has 1 aliphatic heterocycles. The van der Waals surface area contributed by atoms with E-state index in [-0.39, 0.29) is 5.91 Å². The third kappa shape index (κ3) is 3.45. The summed E-state index contributed by atoms with van der Waals surface area (Å²) in [7, 11) is 1.64. The standard InChI is InChI=1S/C21H28N4O2/c1-15-20(22-23-25(15)17-10-12-18(27-2)13-11-17)21(26)24-14-6-9-19(24)16-7-4-3-5-8-16/h10-13,16,19H,3-9,14H2,1-2H3. The number of carbonyl (C=O) groups excluding carboxylic acids is 1. The van der Waals surface area contributed by atoms with Gasteiger partial charge in [0.15, 0.2) is 5.69 Å². The second-order valence-corrected chi connectivity index (χ2v) is 7.74. The smallest absolute Gasteiger partial charge is 0.276 e. The number of ether oxygens (including phenoxy) is 1. The summed E-state index contributed by atoms with van der Waals surface area (Å²) in [5.74, 6) is 1.49. The second kappa shape index (κ2) is 7.71. The average Bonchev–Trinajstić information content (AvgIpc) is 3.35. The first-order chi connectivity index (χ1) is 13.2. The van der Waals surface area contributed by atoms with Crippen LogP contribution in [0.2, 0.25) is 0 Å². The molecule has 6 nitrogen and oxygen atoms in total. The van der Waals surface area contributed by atoms with Crippen molar-refractivity contribution in [3.05, 3.63) is 35.7 Å². The van der Waals surface area contributed by atoms with Crippen molar-refractivity contribution < 1.29 is 9.53 Å². The maximum absolute atomic E-state index is 13.3. The van der Waals surface area contributed by atoms with Gasteiger partial charge in [0.05, 0.1) is 18.5 Å². The van der Waals surface area contributed by atoms with Gasteiger partial charge in [-0.3, -0.25) is 4.79 Å². The van der Waals surface area contributed by atoms with Gasteiger partial charge in [-0.25, -0.2) is 4.68 Å². The highest BCUT2D eigenvalue weighted by atomic mass is 16.5. The number of rotatable bonds is 4. The zero-order valence-corrected chi connectivity index (χ0v) is 16.2. The van der Waals surface area contributed by atoms with Crippen molar-refractivity contribution in [3.63, 3.8) is 0 Å². The summed E-state index contributed by atoms with van der Waals surface area (Å²) in [6.07, 6.45) is 8.68. The van der Waals surface area contributed by atoms with Gasteiger partial charge in [-0.05, 0) is 62.8 Å². The third-order valence-electron chi connectivity index (χ3n) is 6.17. The van der Waals surface area contributed by atoms with Gasteiger partial charge in [0.2, 0.25) is 0 Å². The van der Waals surface area contributed by atoms with Crippen molar-refractivity contribution in [1.82, 2.24) is 19.9 Å². The van der Waals surface area contributed by atoms with Crippen LogP contribution in [0.4, 0.5) is 0 Å². The monoisotopic (exact) mass is 368 g/mol. The van der Waals surface area contributed by atoms with Crippen LogP contribution >= 0.6 is 0 Å². The molecule has 1 atom stereocenters. The number of hydrogen-bond donors (Lipinski definition) is 0. The minimum atomic E-state index is 0.0420. The molecule has 2 fully saturated rings. The Kier molecular flexibility index (Phi) is 5.14. The van der Waals surface area contributed by atoms with Crippen LogP contribution in [0.15, 0.2) is 24.3 Å². The topological polar surface area (TPSA) is 60.2 Å². The van der Waals surface area contributed by atoms with Gasteiger partial charge in [-0.15, -0.1) is 5.10 Å². The highest BCUT2D eigenvalue weighted by molar-refractivity contribution is 5.93. The number of benzene rings is 1. The van der Waals surface area contributed by atoms with Crippen LogP contribution in [0.1, 0.15) is 61.1 Å². The van der Waals surface area contributed by atoms with E-state index in [1.54, 1.807) is 11.8 Å². The van der Waals surface area contributed by atoms with Crippen molar-refractivity contribution in [2.75, 3.05) is 13.7 Å². The summed E-state index contributed by atoms with van der Waals surface area (Å²) >= 11 is 0. The Morgan fingerprint density at radius 2 is 1.81 bits per heavy atom. The predicted molar refractivity (Wildman–Crippen MR) is 103 cm³/mol. The van der Waals surface area contributed by atoms with Gasteiger partial charge in [-0.2, -0.15) is 0 Å². The molecule has 2 heterocycles. The first-order valence-corrected chi connectivity index (χ1v) is 10.1. The minimum Gasteiger partial charge on any atom is -0.497 e. The van der Waals surface area contributed by atoms with Gasteiger partial charge in [0.25, 0.3) is 5.91 Å².